The Morgan fingerprint density at radius 3 is 1.15 bits per heavy atom. The molecule has 3 aliphatic carbocycles. The van der Waals surface area contributed by atoms with Crippen molar-refractivity contribution in [1.29, 1.82) is 0 Å². The summed E-state index contributed by atoms with van der Waals surface area (Å²) in [5, 5.41) is 0. The monoisotopic (exact) mass is 1020 g/mol. The summed E-state index contributed by atoms with van der Waals surface area (Å²) in [6.07, 6.45) is 13.3. The quantitative estimate of drug-likeness (QED) is 0.0941. The number of benzene rings is 9. The lowest BCUT2D eigenvalue weighted by molar-refractivity contribution is 0.627. The summed E-state index contributed by atoms with van der Waals surface area (Å²) in [6, 6.07) is 68.0. The van der Waals surface area contributed by atoms with Gasteiger partial charge in [0.05, 0.1) is 0 Å². The number of anilines is 6. The van der Waals surface area contributed by atoms with Crippen LogP contribution in [0.15, 0.2) is 236 Å². The van der Waals surface area contributed by atoms with Crippen molar-refractivity contribution in [2.45, 2.75) is 64.7 Å². The van der Waals surface area contributed by atoms with Crippen LogP contribution in [0.4, 0.5) is 42.9 Å². The maximum absolute atomic E-state index is 14.1. The van der Waals surface area contributed by atoms with Gasteiger partial charge in [-0.1, -0.05) is 188 Å². The third-order valence-electron chi connectivity index (χ3n) is 16.6. The van der Waals surface area contributed by atoms with E-state index in [1.807, 2.05) is 60.7 Å². The molecule has 0 heterocycles. The Labute approximate surface area is 459 Å². The lowest BCUT2D eigenvalue weighted by Crippen LogP contribution is -2.16. The first-order valence-electron chi connectivity index (χ1n) is 27.0. The highest BCUT2D eigenvalue weighted by Crippen LogP contribution is 2.54. The van der Waals surface area contributed by atoms with Crippen molar-refractivity contribution in [3.8, 4) is 22.3 Å². The molecule has 4 heteroatoms. The van der Waals surface area contributed by atoms with Gasteiger partial charge in [-0.25, -0.2) is 8.78 Å². The van der Waals surface area contributed by atoms with Gasteiger partial charge in [-0.3, -0.25) is 0 Å². The van der Waals surface area contributed by atoms with Gasteiger partial charge in [0.1, 0.15) is 11.6 Å². The number of rotatable bonds is 11. The molecule has 0 aliphatic heterocycles. The van der Waals surface area contributed by atoms with E-state index in [0.717, 1.165) is 56.4 Å². The maximum atomic E-state index is 14.1. The molecule has 0 aromatic heterocycles. The molecule has 0 N–H and O–H groups in total. The second kappa shape index (κ2) is 19.3. The zero-order valence-corrected chi connectivity index (χ0v) is 45.4. The van der Waals surface area contributed by atoms with Gasteiger partial charge in [-0.2, -0.15) is 0 Å². The molecular formula is C74H62F2N2. The first-order chi connectivity index (χ1) is 37.6. The van der Waals surface area contributed by atoms with Gasteiger partial charge in [0.25, 0.3) is 0 Å². The summed E-state index contributed by atoms with van der Waals surface area (Å²) in [6.45, 7) is 20.6. The third kappa shape index (κ3) is 8.66. The van der Waals surface area contributed by atoms with Gasteiger partial charge in [0, 0.05) is 50.4 Å². The molecule has 0 spiro atoms. The van der Waals surface area contributed by atoms with E-state index in [-0.39, 0.29) is 27.9 Å². The van der Waals surface area contributed by atoms with Crippen LogP contribution in [0, 0.1) is 11.6 Å². The summed E-state index contributed by atoms with van der Waals surface area (Å²) in [4.78, 5) is 4.39. The van der Waals surface area contributed by atoms with E-state index < -0.39 is 0 Å². The van der Waals surface area contributed by atoms with Crippen LogP contribution in [0.5, 0.6) is 0 Å². The molecule has 0 amide bonds. The molecule has 0 atom stereocenters. The van der Waals surface area contributed by atoms with Crippen LogP contribution in [0.25, 0.3) is 46.1 Å². The summed E-state index contributed by atoms with van der Waals surface area (Å²) in [5.41, 5.74) is 24.7. The standard InChI is InChI=1S/C74H62F2N2/c1-9-60-61-37-24-50(22-23-51-26-39-63-65-41-36-59(47-71(65)74(7,8)69(63)45-51)78(55-18-14-11-15-19-55)57-33-29-53(76)30-34-57)44-67(61)72(3,4)66(60)42-48(2)20-21-49-25-38-62-64-40-35-58(46-70(64)73(5,6)68(62)43-49)77(54-16-12-10-13-17-54)56-31-27-52(75)28-32-56/h9-47H,2H2,1,3-8H3/b21-20+,23-22+,60-9-,66-42+. The first kappa shape index (κ1) is 50.0. The Balaban J connectivity index is 0.767. The van der Waals surface area contributed by atoms with Gasteiger partial charge in [0.15, 0.2) is 0 Å². The van der Waals surface area contributed by atoms with E-state index in [2.05, 4.69) is 217 Å². The van der Waals surface area contributed by atoms with Crippen molar-refractivity contribution in [2.24, 2.45) is 0 Å². The number of hydrogen-bond donors (Lipinski definition) is 0. The van der Waals surface area contributed by atoms with Gasteiger partial charge >= 0.3 is 0 Å². The van der Waals surface area contributed by atoms with Gasteiger partial charge in [-0.05, 0) is 193 Å². The van der Waals surface area contributed by atoms with E-state index >= 15 is 0 Å². The van der Waals surface area contributed by atoms with E-state index in [1.165, 1.54) is 91.0 Å². The second-order valence-electron chi connectivity index (χ2n) is 22.5. The summed E-state index contributed by atoms with van der Waals surface area (Å²) >= 11 is 0. The van der Waals surface area contributed by atoms with Crippen LogP contribution in [0.3, 0.4) is 0 Å². The van der Waals surface area contributed by atoms with Gasteiger partial charge in [0.2, 0.25) is 0 Å². The van der Waals surface area contributed by atoms with Crippen LogP contribution < -0.4 is 9.80 Å². The van der Waals surface area contributed by atoms with Crippen LogP contribution in [-0.2, 0) is 16.2 Å². The van der Waals surface area contributed by atoms with Crippen LogP contribution >= 0.6 is 0 Å². The van der Waals surface area contributed by atoms with Crippen LogP contribution in [-0.4, -0.2) is 0 Å². The third-order valence-corrected chi connectivity index (χ3v) is 16.6. The Bertz CT molecular complexity index is 3960. The molecule has 12 rings (SSSR count). The highest BCUT2D eigenvalue weighted by atomic mass is 19.1. The minimum absolute atomic E-state index is 0.241. The molecule has 0 saturated carbocycles. The highest BCUT2D eigenvalue weighted by Gasteiger charge is 2.39. The normalized spacial score (nSPS) is 16.1. The first-order valence-corrected chi connectivity index (χ1v) is 27.0. The van der Waals surface area contributed by atoms with E-state index in [1.54, 1.807) is 0 Å². The molecule has 9 aromatic carbocycles. The molecule has 78 heavy (non-hydrogen) atoms. The fraction of sp³-hybridized carbons (Fsp3) is 0.135. The SMILES string of the molecule is C=C(/C=C1\C(=C/C)c2ccc(/C=C/c3ccc4c(c3)C(C)(C)c3cc(N(c5ccccc5)c5ccc(F)cc5)ccc3-4)cc2C1(C)C)/C=C/c1ccc2c(c1)C(C)(C)c1cc(N(c3ccccc3)c3ccc(F)cc3)ccc1-2. The smallest absolute Gasteiger partial charge is 0.123 e. The molecule has 0 fully saturated rings. The topological polar surface area (TPSA) is 6.48 Å². The second-order valence-corrected chi connectivity index (χ2v) is 22.5. The number of allylic oxidation sites excluding steroid dienone is 6. The lowest BCUT2D eigenvalue weighted by Gasteiger charge is -2.28. The molecule has 382 valence electrons. The minimum Gasteiger partial charge on any atom is -0.310 e. The molecular weight excluding hydrogens is 955 g/mol. The Morgan fingerprint density at radius 1 is 0.385 bits per heavy atom. The van der Waals surface area contributed by atoms with Gasteiger partial charge < -0.3 is 9.80 Å². The molecule has 0 radical (unpaired) electrons. The van der Waals surface area contributed by atoms with Crippen molar-refractivity contribution in [2.75, 3.05) is 9.80 Å². The number of nitrogens with zero attached hydrogens (tertiary/aromatic N) is 2. The summed E-state index contributed by atoms with van der Waals surface area (Å²) in [7, 11) is 0. The van der Waals surface area contributed by atoms with E-state index in [0.29, 0.717) is 0 Å². The van der Waals surface area contributed by atoms with E-state index in [9.17, 15) is 8.78 Å². The molecule has 9 aromatic rings. The van der Waals surface area contributed by atoms with Crippen molar-refractivity contribution >= 4 is 57.9 Å². The molecule has 2 nitrogen and oxygen atoms in total. The maximum Gasteiger partial charge on any atom is 0.123 e. The van der Waals surface area contributed by atoms with Crippen LogP contribution in [0.2, 0.25) is 0 Å². The molecule has 0 unspecified atom stereocenters. The van der Waals surface area contributed by atoms with E-state index in [4.69, 9.17) is 0 Å². The predicted molar refractivity (Wildman–Crippen MR) is 326 cm³/mol. The molecule has 0 bridgehead atoms. The van der Waals surface area contributed by atoms with Gasteiger partial charge in [-0.15, -0.1) is 0 Å². The molecule has 3 aliphatic rings. The Morgan fingerprint density at radius 2 is 0.731 bits per heavy atom. The zero-order chi connectivity index (χ0) is 54.1. The Hall–Kier alpha value is -8.86. The summed E-state index contributed by atoms with van der Waals surface area (Å²) in [5.74, 6) is -0.507. The zero-order valence-electron chi connectivity index (χ0n) is 45.4. The number of hydrogen-bond acceptors (Lipinski definition) is 2. The Kier molecular flexibility index (Phi) is 12.4. The number of halogens is 2. The highest BCUT2D eigenvalue weighted by molar-refractivity contribution is 5.92. The fourth-order valence-electron chi connectivity index (χ4n) is 12.4. The largest absolute Gasteiger partial charge is 0.310 e. The fourth-order valence-corrected chi connectivity index (χ4v) is 12.4. The van der Waals surface area contributed by atoms with Crippen LogP contribution in [0.1, 0.15) is 98.5 Å². The number of fused-ring (bicyclic) bond motifs is 7. The predicted octanol–water partition coefficient (Wildman–Crippen LogP) is 20.6. The van der Waals surface area contributed by atoms with Crippen molar-refractivity contribution in [3.63, 3.8) is 0 Å². The summed E-state index contributed by atoms with van der Waals surface area (Å²) < 4.78 is 28.2. The average Bonchev–Trinajstić information content (AvgIpc) is 4.15. The van der Waals surface area contributed by atoms with Crippen molar-refractivity contribution in [1.82, 2.24) is 0 Å². The number of para-hydroxylation sites is 2. The minimum atomic E-state index is -0.254. The van der Waals surface area contributed by atoms with Crippen molar-refractivity contribution < 1.29 is 8.78 Å². The average molecular weight is 1020 g/mol. The van der Waals surface area contributed by atoms with Crippen molar-refractivity contribution in [3.05, 3.63) is 298 Å². The molecule has 0 saturated heterocycles. The lowest BCUT2D eigenvalue weighted by atomic mass is 9.80.